The lowest BCUT2D eigenvalue weighted by Crippen LogP contribution is -2.50. The van der Waals surface area contributed by atoms with E-state index in [9.17, 15) is 0 Å². The summed E-state index contributed by atoms with van der Waals surface area (Å²) < 4.78 is 12.1. The van der Waals surface area contributed by atoms with Gasteiger partial charge >= 0.3 is 0 Å². The topological polar surface area (TPSA) is 18.5 Å². The molecule has 0 amide bonds. The van der Waals surface area contributed by atoms with Gasteiger partial charge in [-0.3, -0.25) is 0 Å². The number of hydrogen-bond donors (Lipinski definition) is 0. The number of rotatable bonds is 8. The Morgan fingerprint density at radius 2 is 1.33 bits per heavy atom. The average molecular weight is 307 g/mol. The summed E-state index contributed by atoms with van der Waals surface area (Å²) in [6.07, 6.45) is 1.75. The van der Waals surface area contributed by atoms with E-state index in [0.29, 0.717) is 23.2 Å². The normalized spacial score (nSPS) is 12.0. The Balaban J connectivity index is 2.96. The molecular weight excluding hydrogens is 276 g/mol. The third-order valence-corrected chi connectivity index (χ3v) is 10.2. The molecule has 1 aromatic rings. The van der Waals surface area contributed by atoms with Gasteiger partial charge in [-0.15, -0.1) is 0 Å². The van der Waals surface area contributed by atoms with Gasteiger partial charge in [0, 0.05) is 0 Å². The Morgan fingerprint density at radius 1 is 0.905 bits per heavy atom. The van der Waals surface area contributed by atoms with Crippen molar-refractivity contribution in [2.45, 2.75) is 58.2 Å². The first-order valence-electron chi connectivity index (χ1n) is 7.87. The van der Waals surface area contributed by atoms with Crippen LogP contribution in [0.2, 0.25) is 16.6 Å². The van der Waals surface area contributed by atoms with Crippen molar-refractivity contribution in [3.8, 4) is 11.5 Å². The minimum absolute atomic E-state index is 0.531. The summed E-state index contributed by atoms with van der Waals surface area (Å²) in [6.45, 7) is 18.0. The standard InChI is InChI=1S/C18H30O2Si/c1-8-13-19-17-9-11-18(12-10-17)20-21(14(2)3,15(4)5)16(6)7/h8-12,14-16H,1,13H2,2-7H3. The largest absolute Gasteiger partial charge is 0.543 e. The van der Waals surface area contributed by atoms with Crippen LogP contribution in [-0.2, 0) is 0 Å². The van der Waals surface area contributed by atoms with Crippen LogP contribution >= 0.6 is 0 Å². The Morgan fingerprint density at radius 3 is 1.71 bits per heavy atom. The molecule has 1 rings (SSSR count). The molecule has 0 atom stereocenters. The van der Waals surface area contributed by atoms with Crippen LogP contribution in [0.3, 0.4) is 0 Å². The van der Waals surface area contributed by atoms with Crippen molar-refractivity contribution in [1.29, 1.82) is 0 Å². The van der Waals surface area contributed by atoms with Gasteiger partial charge < -0.3 is 9.16 Å². The van der Waals surface area contributed by atoms with E-state index in [2.05, 4.69) is 48.1 Å². The molecule has 1 aromatic carbocycles. The van der Waals surface area contributed by atoms with E-state index >= 15 is 0 Å². The van der Waals surface area contributed by atoms with Gasteiger partial charge in [0.15, 0.2) is 0 Å². The average Bonchev–Trinajstić information content (AvgIpc) is 2.42. The quantitative estimate of drug-likeness (QED) is 0.446. The maximum Gasteiger partial charge on any atom is 0.258 e. The second kappa shape index (κ2) is 7.69. The first-order chi connectivity index (χ1) is 9.84. The Labute approximate surface area is 131 Å². The molecule has 0 spiro atoms. The van der Waals surface area contributed by atoms with Gasteiger partial charge in [0.2, 0.25) is 0 Å². The molecule has 2 nitrogen and oxygen atoms in total. The van der Waals surface area contributed by atoms with Crippen molar-refractivity contribution in [1.82, 2.24) is 0 Å². The summed E-state index contributed by atoms with van der Waals surface area (Å²) in [5, 5.41) is 0. The monoisotopic (exact) mass is 306 g/mol. The lowest BCUT2D eigenvalue weighted by Gasteiger charge is -2.42. The predicted molar refractivity (Wildman–Crippen MR) is 93.8 cm³/mol. The molecule has 3 heteroatoms. The van der Waals surface area contributed by atoms with E-state index in [1.54, 1.807) is 6.08 Å². The molecule has 0 fully saturated rings. The van der Waals surface area contributed by atoms with Gasteiger partial charge in [0.25, 0.3) is 8.32 Å². The fourth-order valence-electron chi connectivity index (χ4n) is 3.32. The summed E-state index contributed by atoms with van der Waals surface area (Å²) in [6, 6.07) is 7.98. The Hall–Kier alpha value is -1.22. The molecule has 0 aromatic heterocycles. The summed E-state index contributed by atoms with van der Waals surface area (Å²) >= 11 is 0. The molecule has 0 radical (unpaired) electrons. The maximum atomic E-state index is 6.61. The van der Waals surface area contributed by atoms with Crippen molar-refractivity contribution in [3.63, 3.8) is 0 Å². The lowest BCUT2D eigenvalue weighted by atomic mass is 10.3. The first-order valence-corrected chi connectivity index (χ1v) is 10.0. The van der Waals surface area contributed by atoms with Gasteiger partial charge in [0.1, 0.15) is 18.1 Å². The lowest BCUT2D eigenvalue weighted by molar-refractivity contribution is 0.362. The fraction of sp³-hybridized carbons (Fsp3) is 0.556. The smallest absolute Gasteiger partial charge is 0.258 e. The molecule has 0 bridgehead atoms. The molecule has 0 aliphatic heterocycles. The summed E-state index contributed by atoms with van der Waals surface area (Å²) in [5.74, 6) is 1.82. The van der Waals surface area contributed by atoms with E-state index in [1.165, 1.54) is 0 Å². The Kier molecular flexibility index (Phi) is 6.53. The van der Waals surface area contributed by atoms with Crippen LogP contribution < -0.4 is 9.16 Å². The molecule has 0 N–H and O–H groups in total. The number of hydrogen-bond acceptors (Lipinski definition) is 2. The highest BCUT2D eigenvalue weighted by atomic mass is 28.4. The second-order valence-corrected chi connectivity index (χ2v) is 11.9. The number of benzene rings is 1. The first kappa shape index (κ1) is 17.8. The highest BCUT2D eigenvalue weighted by molar-refractivity contribution is 6.78. The minimum Gasteiger partial charge on any atom is -0.543 e. The van der Waals surface area contributed by atoms with Crippen molar-refractivity contribution in [2.24, 2.45) is 0 Å². The fourth-order valence-corrected chi connectivity index (χ4v) is 8.57. The van der Waals surface area contributed by atoms with E-state index in [-0.39, 0.29) is 0 Å². The third kappa shape index (κ3) is 4.13. The molecular formula is C18H30O2Si. The highest BCUT2D eigenvalue weighted by Crippen LogP contribution is 2.42. The summed E-state index contributed by atoms with van der Waals surface area (Å²) in [4.78, 5) is 0. The molecule has 0 aliphatic rings. The van der Waals surface area contributed by atoms with E-state index in [1.807, 2.05) is 24.3 Å². The van der Waals surface area contributed by atoms with Crippen molar-refractivity contribution in [2.75, 3.05) is 6.61 Å². The molecule has 0 aliphatic carbocycles. The molecule has 0 saturated carbocycles. The maximum absolute atomic E-state index is 6.61. The van der Waals surface area contributed by atoms with Crippen LogP contribution in [-0.4, -0.2) is 14.9 Å². The molecule has 21 heavy (non-hydrogen) atoms. The van der Waals surface area contributed by atoms with Gasteiger partial charge in [0.05, 0.1) is 0 Å². The van der Waals surface area contributed by atoms with E-state index in [0.717, 1.165) is 11.5 Å². The van der Waals surface area contributed by atoms with Gasteiger partial charge in [-0.2, -0.15) is 0 Å². The van der Waals surface area contributed by atoms with Crippen LogP contribution in [0.5, 0.6) is 11.5 Å². The van der Waals surface area contributed by atoms with Crippen molar-refractivity contribution in [3.05, 3.63) is 36.9 Å². The zero-order valence-electron chi connectivity index (χ0n) is 14.3. The highest BCUT2D eigenvalue weighted by Gasteiger charge is 2.46. The van der Waals surface area contributed by atoms with Crippen LogP contribution in [0, 0.1) is 0 Å². The third-order valence-electron chi connectivity index (χ3n) is 4.19. The second-order valence-electron chi connectivity index (χ2n) is 6.49. The molecule has 0 saturated heterocycles. The SMILES string of the molecule is C=CCOc1ccc(O[Si](C(C)C)(C(C)C)C(C)C)cc1. The minimum atomic E-state index is -1.87. The summed E-state index contributed by atoms with van der Waals surface area (Å²) in [7, 11) is -1.87. The van der Waals surface area contributed by atoms with E-state index in [4.69, 9.17) is 9.16 Å². The molecule has 118 valence electrons. The zero-order chi connectivity index (χ0) is 16.0. The zero-order valence-corrected chi connectivity index (χ0v) is 15.3. The predicted octanol–water partition coefficient (Wildman–Crippen LogP) is 5.81. The Bertz CT molecular complexity index is 413. The van der Waals surface area contributed by atoms with Crippen LogP contribution in [0.1, 0.15) is 41.5 Å². The van der Waals surface area contributed by atoms with Crippen LogP contribution in [0.15, 0.2) is 36.9 Å². The van der Waals surface area contributed by atoms with Crippen molar-refractivity contribution >= 4 is 8.32 Å². The summed E-state index contributed by atoms with van der Waals surface area (Å²) in [5.41, 5.74) is 1.73. The van der Waals surface area contributed by atoms with Gasteiger partial charge in [-0.25, -0.2) is 0 Å². The molecule has 0 unspecified atom stereocenters. The van der Waals surface area contributed by atoms with Crippen LogP contribution in [0.25, 0.3) is 0 Å². The van der Waals surface area contributed by atoms with E-state index < -0.39 is 8.32 Å². The van der Waals surface area contributed by atoms with Gasteiger partial charge in [-0.05, 0) is 40.9 Å². The van der Waals surface area contributed by atoms with Crippen molar-refractivity contribution < 1.29 is 9.16 Å². The molecule has 0 heterocycles. The van der Waals surface area contributed by atoms with Gasteiger partial charge in [-0.1, -0.05) is 54.2 Å². The number of ether oxygens (including phenoxy) is 1. The van der Waals surface area contributed by atoms with Crippen LogP contribution in [0.4, 0.5) is 0 Å².